The largest absolute Gasteiger partial charge is 0.352 e. The van der Waals surface area contributed by atoms with Crippen LogP contribution in [0.3, 0.4) is 0 Å². The standard InChI is InChI=1S/C28H31BrClN3O4S/c1-20(2)31-28(35)26(17-21-9-5-4-6-10-21)32(18-22-11-7-8-12-25(22)30)27(34)19-33(38(3,36)37)24-15-13-23(29)14-16-24/h4-16,20,26H,17-19H2,1-3H3,(H,31,35)/t26-/m1/s1. The van der Waals surface area contributed by atoms with Crippen LogP contribution < -0.4 is 9.62 Å². The Labute approximate surface area is 238 Å². The minimum atomic E-state index is -3.82. The Morgan fingerprint density at radius 1 is 0.947 bits per heavy atom. The van der Waals surface area contributed by atoms with Crippen LogP contribution in [0.1, 0.15) is 25.0 Å². The second-order valence-electron chi connectivity index (χ2n) is 9.23. The summed E-state index contributed by atoms with van der Waals surface area (Å²) < 4.78 is 27.4. The predicted octanol–water partition coefficient (Wildman–Crippen LogP) is 5.03. The average Bonchev–Trinajstić information content (AvgIpc) is 2.85. The summed E-state index contributed by atoms with van der Waals surface area (Å²) >= 11 is 9.79. The van der Waals surface area contributed by atoms with E-state index in [1.54, 1.807) is 48.5 Å². The van der Waals surface area contributed by atoms with Crippen molar-refractivity contribution in [3.8, 4) is 0 Å². The monoisotopic (exact) mass is 619 g/mol. The van der Waals surface area contributed by atoms with Gasteiger partial charge < -0.3 is 10.2 Å². The highest BCUT2D eigenvalue weighted by Gasteiger charge is 2.33. The van der Waals surface area contributed by atoms with Crippen LogP contribution in [0.25, 0.3) is 0 Å². The first-order valence-electron chi connectivity index (χ1n) is 12.1. The van der Waals surface area contributed by atoms with Crippen LogP contribution in [0.15, 0.2) is 83.3 Å². The lowest BCUT2D eigenvalue weighted by atomic mass is 10.0. The molecule has 202 valence electrons. The average molecular weight is 621 g/mol. The van der Waals surface area contributed by atoms with Crippen LogP contribution in [0.4, 0.5) is 5.69 Å². The Morgan fingerprint density at radius 2 is 1.55 bits per heavy atom. The van der Waals surface area contributed by atoms with Crippen molar-refractivity contribution in [2.75, 3.05) is 17.1 Å². The van der Waals surface area contributed by atoms with Crippen LogP contribution in [-0.2, 0) is 32.6 Å². The second kappa shape index (κ2) is 13.3. The van der Waals surface area contributed by atoms with E-state index in [2.05, 4.69) is 21.2 Å². The molecule has 2 amide bonds. The van der Waals surface area contributed by atoms with E-state index in [9.17, 15) is 18.0 Å². The summed E-state index contributed by atoms with van der Waals surface area (Å²) in [6.07, 6.45) is 1.29. The van der Waals surface area contributed by atoms with E-state index >= 15 is 0 Å². The molecule has 0 heterocycles. The Balaban J connectivity index is 2.06. The minimum absolute atomic E-state index is 0.0272. The third-order valence-electron chi connectivity index (χ3n) is 5.79. The zero-order chi connectivity index (χ0) is 27.9. The van der Waals surface area contributed by atoms with Gasteiger partial charge in [0.2, 0.25) is 21.8 Å². The van der Waals surface area contributed by atoms with E-state index in [0.29, 0.717) is 16.3 Å². The maximum atomic E-state index is 14.0. The molecule has 0 aliphatic rings. The third-order valence-corrected chi connectivity index (χ3v) is 7.83. The number of sulfonamides is 1. The highest BCUT2D eigenvalue weighted by atomic mass is 79.9. The van der Waals surface area contributed by atoms with Crippen molar-refractivity contribution in [1.29, 1.82) is 0 Å². The molecule has 0 aromatic heterocycles. The highest BCUT2D eigenvalue weighted by molar-refractivity contribution is 9.10. The zero-order valence-electron chi connectivity index (χ0n) is 21.5. The summed E-state index contributed by atoms with van der Waals surface area (Å²) in [5.41, 5.74) is 1.85. The van der Waals surface area contributed by atoms with Crippen molar-refractivity contribution in [2.24, 2.45) is 0 Å². The van der Waals surface area contributed by atoms with E-state index in [1.165, 1.54) is 4.90 Å². The van der Waals surface area contributed by atoms with E-state index in [4.69, 9.17) is 11.6 Å². The number of hydrogen-bond donors (Lipinski definition) is 1. The summed E-state index contributed by atoms with van der Waals surface area (Å²) in [6.45, 7) is 3.23. The molecule has 0 aliphatic carbocycles. The molecule has 10 heteroatoms. The molecule has 3 aromatic rings. The Hall–Kier alpha value is -2.88. The number of rotatable bonds is 11. The molecule has 3 aromatic carbocycles. The van der Waals surface area contributed by atoms with Crippen molar-refractivity contribution >= 4 is 55.1 Å². The molecule has 0 spiro atoms. The molecular formula is C28H31BrClN3O4S. The fourth-order valence-corrected chi connectivity index (χ4v) is 5.28. The molecule has 0 saturated carbocycles. The number of carbonyl (C=O) groups is 2. The Morgan fingerprint density at radius 3 is 2.13 bits per heavy atom. The summed E-state index contributed by atoms with van der Waals surface area (Å²) in [6, 6.07) is 22.0. The smallest absolute Gasteiger partial charge is 0.244 e. The summed E-state index contributed by atoms with van der Waals surface area (Å²) in [5, 5.41) is 3.36. The molecule has 0 fully saturated rings. The fourth-order valence-electron chi connectivity index (χ4n) is 3.97. The number of anilines is 1. The van der Waals surface area contributed by atoms with Crippen molar-refractivity contribution in [3.63, 3.8) is 0 Å². The van der Waals surface area contributed by atoms with Gasteiger partial charge in [-0.15, -0.1) is 0 Å². The molecular weight excluding hydrogens is 590 g/mol. The maximum Gasteiger partial charge on any atom is 0.244 e. The van der Waals surface area contributed by atoms with Crippen LogP contribution >= 0.6 is 27.5 Å². The van der Waals surface area contributed by atoms with E-state index in [1.807, 2.05) is 44.2 Å². The first kappa shape index (κ1) is 29.7. The lowest BCUT2D eigenvalue weighted by molar-refractivity contribution is -0.140. The van der Waals surface area contributed by atoms with Crippen LogP contribution in [0, 0.1) is 0 Å². The number of nitrogens with one attached hydrogen (secondary N) is 1. The molecule has 7 nitrogen and oxygen atoms in total. The second-order valence-corrected chi connectivity index (χ2v) is 12.5. The molecule has 0 radical (unpaired) electrons. The summed E-state index contributed by atoms with van der Waals surface area (Å²) in [7, 11) is -3.82. The first-order valence-corrected chi connectivity index (χ1v) is 15.1. The Bertz CT molecular complexity index is 1350. The van der Waals surface area contributed by atoms with Gasteiger partial charge in [0, 0.05) is 28.5 Å². The summed E-state index contributed by atoms with van der Waals surface area (Å²) in [4.78, 5) is 28.9. The number of amides is 2. The van der Waals surface area contributed by atoms with E-state index in [0.717, 1.165) is 20.6 Å². The van der Waals surface area contributed by atoms with Gasteiger partial charge in [-0.1, -0.05) is 76.1 Å². The molecule has 1 N–H and O–H groups in total. The number of halogens is 2. The topological polar surface area (TPSA) is 86.8 Å². The summed E-state index contributed by atoms with van der Waals surface area (Å²) in [5.74, 6) is -0.864. The number of nitrogens with zero attached hydrogens (tertiary/aromatic N) is 2. The number of hydrogen-bond acceptors (Lipinski definition) is 4. The molecule has 1 atom stereocenters. The molecule has 0 saturated heterocycles. The van der Waals surface area contributed by atoms with Gasteiger partial charge >= 0.3 is 0 Å². The van der Waals surface area contributed by atoms with Crippen molar-refractivity contribution < 1.29 is 18.0 Å². The number of carbonyl (C=O) groups excluding carboxylic acids is 2. The molecule has 0 unspecified atom stereocenters. The highest BCUT2D eigenvalue weighted by Crippen LogP contribution is 2.24. The normalized spacial score (nSPS) is 12.2. The van der Waals surface area contributed by atoms with Crippen molar-refractivity contribution in [1.82, 2.24) is 10.2 Å². The van der Waals surface area contributed by atoms with E-state index < -0.39 is 28.5 Å². The van der Waals surface area contributed by atoms with Crippen LogP contribution in [0.5, 0.6) is 0 Å². The van der Waals surface area contributed by atoms with Crippen molar-refractivity contribution in [2.45, 2.75) is 38.9 Å². The minimum Gasteiger partial charge on any atom is -0.352 e. The van der Waals surface area contributed by atoms with Gasteiger partial charge in [-0.2, -0.15) is 0 Å². The maximum absolute atomic E-state index is 14.0. The molecule has 0 aliphatic heterocycles. The lowest BCUT2D eigenvalue weighted by Gasteiger charge is -2.34. The van der Waals surface area contributed by atoms with Gasteiger partial charge in [-0.3, -0.25) is 13.9 Å². The van der Waals surface area contributed by atoms with Gasteiger partial charge in [0.25, 0.3) is 0 Å². The number of benzene rings is 3. The predicted molar refractivity (Wildman–Crippen MR) is 156 cm³/mol. The van der Waals surface area contributed by atoms with Gasteiger partial charge in [0.05, 0.1) is 11.9 Å². The molecule has 38 heavy (non-hydrogen) atoms. The van der Waals surface area contributed by atoms with Gasteiger partial charge in [-0.05, 0) is 55.3 Å². The van der Waals surface area contributed by atoms with E-state index in [-0.39, 0.29) is 24.9 Å². The third kappa shape index (κ3) is 8.31. The first-order chi connectivity index (χ1) is 18.0. The molecule has 0 bridgehead atoms. The van der Waals surface area contributed by atoms with Gasteiger partial charge in [-0.25, -0.2) is 8.42 Å². The van der Waals surface area contributed by atoms with Crippen LogP contribution in [0.2, 0.25) is 5.02 Å². The van der Waals surface area contributed by atoms with Gasteiger partial charge in [0.1, 0.15) is 12.6 Å². The van der Waals surface area contributed by atoms with Crippen molar-refractivity contribution in [3.05, 3.63) is 99.5 Å². The lowest BCUT2D eigenvalue weighted by Crippen LogP contribution is -2.54. The Kier molecular flexibility index (Phi) is 10.4. The SMILES string of the molecule is CC(C)NC(=O)[C@@H](Cc1ccccc1)N(Cc1ccccc1Cl)C(=O)CN(c1ccc(Br)cc1)S(C)(=O)=O. The molecule has 3 rings (SSSR count). The zero-order valence-corrected chi connectivity index (χ0v) is 24.6. The quantitative estimate of drug-likeness (QED) is 0.326. The van der Waals surface area contributed by atoms with Crippen LogP contribution in [-0.4, -0.2) is 50.0 Å². The van der Waals surface area contributed by atoms with Gasteiger partial charge in [0.15, 0.2) is 0 Å². The fraction of sp³-hybridized carbons (Fsp3) is 0.286.